The van der Waals surface area contributed by atoms with Gasteiger partial charge in [-0.15, -0.1) is 0 Å². The molecular weight excluding hydrogens is 338 g/mol. The van der Waals surface area contributed by atoms with Gasteiger partial charge in [0.05, 0.1) is 0 Å². The molecule has 0 fully saturated rings. The molecule has 5 rings (SSSR count). The number of nitrogens with zero attached hydrogens (tertiary/aromatic N) is 1. The van der Waals surface area contributed by atoms with Crippen molar-refractivity contribution < 1.29 is 14.4 Å². The first-order chi connectivity index (χ1) is 13.1. The number of carbonyl (C=O) groups is 3. The summed E-state index contributed by atoms with van der Waals surface area (Å²) in [6.07, 6.45) is 1.86. The molecule has 1 atom stereocenters. The molecule has 27 heavy (non-hydrogen) atoms. The highest BCUT2D eigenvalue weighted by Crippen LogP contribution is 2.40. The first kappa shape index (κ1) is 15.9. The fourth-order valence-corrected chi connectivity index (χ4v) is 4.47. The van der Waals surface area contributed by atoms with Gasteiger partial charge in [-0.05, 0) is 54.0 Å². The first-order valence-electron chi connectivity index (χ1n) is 9.08. The zero-order valence-electron chi connectivity index (χ0n) is 14.9. The summed E-state index contributed by atoms with van der Waals surface area (Å²) in [6.45, 7) is 1.42. The third-order valence-corrected chi connectivity index (χ3v) is 5.65. The third kappa shape index (κ3) is 2.13. The van der Waals surface area contributed by atoms with Crippen molar-refractivity contribution in [2.75, 3.05) is 0 Å². The summed E-state index contributed by atoms with van der Waals surface area (Å²) in [7, 11) is 0. The fraction of sp³-hybridized carbons (Fsp3) is 0.174. The lowest BCUT2D eigenvalue weighted by Gasteiger charge is -2.33. The molecule has 0 saturated carbocycles. The van der Waals surface area contributed by atoms with Gasteiger partial charge in [0.25, 0.3) is 11.8 Å². The van der Waals surface area contributed by atoms with Gasteiger partial charge in [-0.25, -0.2) is 0 Å². The Balaban J connectivity index is 1.75. The number of imide groups is 1. The maximum atomic E-state index is 13.3. The minimum Gasteiger partial charge on any atom is -0.297 e. The molecule has 3 aromatic rings. The van der Waals surface area contributed by atoms with Gasteiger partial charge >= 0.3 is 0 Å². The van der Waals surface area contributed by atoms with Crippen LogP contribution in [-0.4, -0.2) is 22.5 Å². The highest BCUT2D eigenvalue weighted by Gasteiger charge is 2.41. The molecule has 4 heteroatoms. The van der Waals surface area contributed by atoms with Crippen molar-refractivity contribution in [3.8, 4) is 0 Å². The lowest BCUT2D eigenvalue weighted by molar-refractivity contribution is -0.121. The van der Waals surface area contributed by atoms with Gasteiger partial charge in [0.1, 0.15) is 6.04 Å². The standard InChI is InChI=1S/C23H17NO3/c1-13(25)21(16-5-3-2-4-6-16)24-22(26)17-11-9-14-7-8-15-10-12-18(23(24)27)20(17)19(14)15/h2-6,9-12,21H,7-8H2,1H3. The van der Waals surface area contributed by atoms with Crippen LogP contribution in [0.25, 0.3) is 10.8 Å². The van der Waals surface area contributed by atoms with Crippen molar-refractivity contribution in [2.45, 2.75) is 25.8 Å². The zero-order chi connectivity index (χ0) is 18.7. The van der Waals surface area contributed by atoms with Crippen LogP contribution in [0.2, 0.25) is 0 Å². The lowest BCUT2D eigenvalue weighted by Crippen LogP contribution is -2.45. The van der Waals surface area contributed by atoms with E-state index in [1.165, 1.54) is 18.1 Å². The Kier molecular flexibility index (Phi) is 3.31. The van der Waals surface area contributed by atoms with E-state index in [0.29, 0.717) is 16.7 Å². The average Bonchev–Trinajstić information content (AvgIpc) is 3.10. The highest BCUT2D eigenvalue weighted by atomic mass is 16.2. The van der Waals surface area contributed by atoms with E-state index in [2.05, 4.69) is 0 Å². The number of hydrogen-bond acceptors (Lipinski definition) is 3. The minimum absolute atomic E-state index is 0.236. The molecule has 1 aliphatic carbocycles. The van der Waals surface area contributed by atoms with E-state index >= 15 is 0 Å². The van der Waals surface area contributed by atoms with E-state index in [0.717, 1.165) is 28.5 Å². The molecule has 132 valence electrons. The molecular formula is C23H17NO3. The predicted molar refractivity (Wildman–Crippen MR) is 102 cm³/mol. The van der Waals surface area contributed by atoms with Crippen LogP contribution in [0.3, 0.4) is 0 Å². The summed E-state index contributed by atoms with van der Waals surface area (Å²) < 4.78 is 0. The van der Waals surface area contributed by atoms with Crippen molar-refractivity contribution in [3.05, 3.63) is 82.4 Å². The van der Waals surface area contributed by atoms with E-state index in [9.17, 15) is 14.4 Å². The van der Waals surface area contributed by atoms with Gasteiger partial charge in [-0.3, -0.25) is 19.3 Å². The maximum Gasteiger partial charge on any atom is 0.262 e. The molecule has 4 nitrogen and oxygen atoms in total. The van der Waals surface area contributed by atoms with Crippen molar-refractivity contribution >= 4 is 28.4 Å². The van der Waals surface area contributed by atoms with E-state index in [-0.39, 0.29) is 5.78 Å². The SMILES string of the molecule is CC(=O)C(c1ccccc1)N1C(=O)c2ccc3c4c(ccc(c24)C1=O)CC3. The van der Waals surface area contributed by atoms with Crippen molar-refractivity contribution in [1.29, 1.82) is 0 Å². The third-order valence-electron chi connectivity index (χ3n) is 5.65. The number of benzene rings is 3. The van der Waals surface area contributed by atoms with E-state index in [1.807, 2.05) is 18.2 Å². The number of aryl methyl sites for hydroxylation is 2. The number of rotatable bonds is 3. The molecule has 0 bridgehead atoms. The van der Waals surface area contributed by atoms with Crippen LogP contribution in [0.15, 0.2) is 54.6 Å². The number of ketones is 1. The van der Waals surface area contributed by atoms with Gasteiger partial charge in [0.15, 0.2) is 5.78 Å². The molecule has 0 radical (unpaired) electrons. The van der Waals surface area contributed by atoms with Crippen LogP contribution < -0.4 is 0 Å². The Morgan fingerprint density at radius 2 is 1.37 bits per heavy atom. The quantitative estimate of drug-likeness (QED) is 0.670. The number of Topliss-reactive ketones (excluding diaryl/α,β-unsaturated/α-hetero) is 1. The highest BCUT2D eigenvalue weighted by molar-refractivity contribution is 6.27. The Hall–Kier alpha value is -3.27. The van der Waals surface area contributed by atoms with Gasteiger partial charge in [0.2, 0.25) is 0 Å². The van der Waals surface area contributed by atoms with Gasteiger partial charge in [0, 0.05) is 16.5 Å². The van der Waals surface area contributed by atoms with E-state index in [4.69, 9.17) is 0 Å². The van der Waals surface area contributed by atoms with Crippen LogP contribution in [0, 0.1) is 0 Å². The van der Waals surface area contributed by atoms with E-state index < -0.39 is 17.9 Å². The molecule has 2 amide bonds. The molecule has 2 aliphatic rings. The summed E-state index contributed by atoms with van der Waals surface area (Å²) in [5, 5.41) is 1.80. The number of amides is 2. The maximum absolute atomic E-state index is 13.3. The van der Waals surface area contributed by atoms with Gasteiger partial charge in [-0.2, -0.15) is 0 Å². The molecule has 0 N–H and O–H groups in total. The Morgan fingerprint density at radius 1 is 0.815 bits per heavy atom. The normalized spacial score (nSPS) is 16.1. The average molecular weight is 355 g/mol. The molecule has 1 unspecified atom stereocenters. The van der Waals surface area contributed by atoms with E-state index in [1.54, 1.807) is 36.4 Å². The molecule has 1 heterocycles. The minimum atomic E-state index is -0.918. The second-order valence-electron chi connectivity index (χ2n) is 7.20. The smallest absolute Gasteiger partial charge is 0.262 e. The molecule has 0 aromatic heterocycles. The second kappa shape index (κ2) is 5.61. The van der Waals surface area contributed by atoms with Crippen molar-refractivity contribution in [3.63, 3.8) is 0 Å². The summed E-state index contributed by atoms with van der Waals surface area (Å²) in [5.74, 6) is -1.03. The summed E-state index contributed by atoms with van der Waals surface area (Å²) >= 11 is 0. The Labute approximate surface area is 156 Å². The van der Waals surface area contributed by atoms with Crippen molar-refractivity contribution in [1.82, 2.24) is 4.90 Å². The Bertz CT molecular complexity index is 1090. The van der Waals surface area contributed by atoms with Crippen LogP contribution >= 0.6 is 0 Å². The first-order valence-corrected chi connectivity index (χ1v) is 9.08. The number of hydrogen-bond donors (Lipinski definition) is 0. The van der Waals surface area contributed by atoms with Crippen molar-refractivity contribution in [2.24, 2.45) is 0 Å². The lowest BCUT2D eigenvalue weighted by atomic mass is 9.89. The largest absolute Gasteiger partial charge is 0.297 e. The summed E-state index contributed by atoms with van der Waals surface area (Å²) in [6, 6.07) is 15.7. The number of carbonyl (C=O) groups excluding carboxylic acids is 3. The van der Waals surface area contributed by atoms with Gasteiger partial charge < -0.3 is 0 Å². The second-order valence-corrected chi connectivity index (χ2v) is 7.20. The monoisotopic (exact) mass is 355 g/mol. The summed E-state index contributed by atoms with van der Waals surface area (Å²) in [5.41, 5.74) is 4.03. The topological polar surface area (TPSA) is 54.5 Å². The molecule has 0 spiro atoms. The summed E-state index contributed by atoms with van der Waals surface area (Å²) in [4.78, 5) is 40.2. The molecule has 0 saturated heterocycles. The van der Waals surface area contributed by atoms with Crippen LogP contribution in [0.4, 0.5) is 0 Å². The predicted octanol–water partition coefficient (Wildman–Crippen LogP) is 3.86. The molecule has 3 aromatic carbocycles. The van der Waals surface area contributed by atoms with Gasteiger partial charge in [-0.1, -0.05) is 42.5 Å². The van der Waals surface area contributed by atoms with Crippen LogP contribution in [0.1, 0.15) is 50.4 Å². The van der Waals surface area contributed by atoms with Crippen LogP contribution in [-0.2, 0) is 17.6 Å². The Morgan fingerprint density at radius 3 is 1.89 bits per heavy atom. The molecule has 1 aliphatic heterocycles. The van der Waals surface area contributed by atoms with Crippen LogP contribution in [0.5, 0.6) is 0 Å². The zero-order valence-corrected chi connectivity index (χ0v) is 14.9. The fourth-order valence-electron chi connectivity index (χ4n) is 4.47.